The van der Waals surface area contributed by atoms with Crippen LogP contribution in [0.15, 0.2) is 31.0 Å². The van der Waals surface area contributed by atoms with Crippen LogP contribution in [-0.4, -0.2) is 64.6 Å². The molecule has 0 N–H and O–H groups in total. The van der Waals surface area contributed by atoms with Crippen LogP contribution in [0, 0.1) is 0 Å². The average molecular weight is 420 g/mol. The summed E-state index contributed by atoms with van der Waals surface area (Å²) in [7, 11) is 5.81. The van der Waals surface area contributed by atoms with E-state index in [1.807, 2.05) is 37.0 Å². The molecule has 1 atom stereocenters. The molecule has 8 nitrogen and oxygen atoms in total. The van der Waals surface area contributed by atoms with E-state index in [1.165, 1.54) is 23.1 Å². The number of likely N-dealkylation sites (N-methyl/N-ethyl adjacent to an activating group) is 1. The highest BCUT2D eigenvalue weighted by atomic mass is 19.4. The Morgan fingerprint density at radius 3 is 2.60 bits per heavy atom. The zero-order chi connectivity index (χ0) is 21.5. The minimum atomic E-state index is -4.49. The Labute approximate surface area is 172 Å². The van der Waals surface area contributed by atoms with Gasteiger partial charge in [0.1, 0.15) is 18.0 Å². The third kappa shape index (κ3) is 3.83. The standard InChI is InChI=1S/C19H23F3N8/c1-27(2)15-9-16(25-12-24-15)28(3)13-5-4-7-29(10-13)17-18-26-14(19(20,21)22)11-30(18)8-6-23-17/h6,8-9,11-13H,4-5,7,10H2,1-3H3. The fraction of sp³-hybridized carbons (Fsp3) is 0.474. The summed E-state index contributed by atoms with van der Waals surface area (Å²) in [6.45, 7) is 1.32. The number of rotatable bonds is 4. The monoisotopic (exact) mass is 420 g/mol. The van der Waals surface area contributed by atoms with Crippen LogP contribution in [0.1, 0.15) is 18.5 Å². The highest BCUT2D eigenvalue weighted by Gasteiger charge is 2.35. The van der Waals surface area contributed by atoms with Crippen LogP contribution in [0.3, 0.4) is 0 Å². The van der Waals surface area contributed by atoms with Crippen LogP contribution in [0.2, 0.25) is 0 Å². The number of alkyl halides is 3. The van der Waals surface area contributed by atoms with E-state index in [2.05, 4.69) is 24.8 Å². The molecule has 0 radical (unpaired) electrons. The summed E-state index contributed by atoms with van der Waals surface area (Å²) in [5.74, 6) is 2.07. The van der Waals surface area contributed by atoms with Crippen molar-refractivity contribution in [1.29, 1.82) is 0 Å². The fourth-order valence-electron chi connectivity index (χ4n) is 3.69. The first kappa shape index (κ1) is 20.2. The van der Waals surface area contributed by atoms with Gasteiger partial charge in [0, 0.05) is 64.9 Å². The van der Waals surface area contributed by atoms with Gasteiger partial charge in [0.2, 0.25) is 0 Å². The second-order valence-electron chi connectivity index (χ2n) is 7.59. The number of anilines is 3. The van der Waals surface area contributed by atoms with Crippen LogP contribution < -0.4 is 14.7 Å². The van der Waals surface area contributed by atoms with E-state index in [-0.39, 0.29) is 11.7 Å². The van der Waals surface area contributed by atoms with E-state index in [0.717, 1.165) is 30.7 Å². The van der Waals surface area contributed by atoms with E-state index in [4.69, 9.17) is 0 Å². The summed E-state index contributed by atoms with van der Waals surface area (Å²) in [4.78, 5) is 22.8. The predicted molar refractivity (Wildman–Crippen MR) is 108 cm³/mol. The molecule has 1 fully saturated rings. The van der Waals surface area contributed by atoms with Crippen molar-refractivity contribution in [2.45, 2.75) is 25.1 Å². The van der Waals surface area contributed by atoms with Gasteiger partial charge in [0.25, 0.3) is 0 Å². The average Bonchev–Trinajstić information content (AvgIpc) is 3.18. The maximum Gasteiger partial charge on any atom is 0.434 e. The molecule has 4 heterocycles. The highest BCUT2D eigenvalue weighted by molar-refractivity contribution is 5.65. The lowest BCUT2D eigenvalue weighted by molar-refractivity contribution is -0.140. The smallest absolute Gasteiger partial charge is 0.363 e. The second kappa shape index (κ2) is 7.62. The molecule has 3 aromatic heterocycles. The van der Waals surface area contributed by atoms with Crippen molar-refractivity contribution >= 4 is 23.1 Å². The first-order chi connectivity index (χ1) is 14.2. The van der Waals surface area contributed by atoms with E-state index in [1.54, 1.807) is 0 Å². The predicted octanol–water partition coefficient (Wildman–Crippen LogP) is 2.71. The minimum absolute atomic E-state index is 0.128. The lowest BCUT2D eigenvalue weighted by Gasteiger charge is -2.38. The van der Waals surface area contributed by atoms with Crippen LogP contribution in [0.5, 0.6) is 0 Å². The van der Waals surface area contributed by atoms with E-state index >= 15 is 0 Å². The van der Waals surface area contributed by atoms with Crippen molar-refractivity contribution in [2.75, 3.05) is 48.9 Å². The third-order valence-electron chi connectivity index (χ3n) is 5.35. The molecule has 1 aliphatic heterocycles. The maximum absolute atomic E-state index is 13.1. The number of piperidine rings is 1. The number of hydrogen-bond donors (Lipinski definition) is 0. The molecule has 0 saturated carbocycles. The van der Waals surface area contributed by atoms with Gasteiger partial charge in [-0.25, -0.2) is 19.9 Å². The Morgan fingerprint density at radius 2 is 1.87 bits per heavy atom. The van der Waals surface area contributed by atoms with Crippen LogP contribution >= 0.6 is 0 Å². The number of nitrogens with zero attached hydrogens (tertiary/aromatic N) is 8. The van der Waals surface area contributed by atoms with Gasteiger partial charge in [-0.3, -0.25) is 0 Å². The Kier molecular flexibility index (Phi) is 5.12. The lowest BCUT2D eigenvalue weighted by Crippen LogP contribution is -2.47. The molecule has 0 amide bonds. The molecule has 160 valence electrons. The molecule has 30 heavy (non-hydrogen) atoms. The van der Waals surface area contributed by atoms with Crippen molar-refractivity contribution in [2.24, 2.45) is 0 Å². The van der Waals surface area contributed by atoms with Crippen molar-refractivity contribution < 1.29 is 13.2 Å². The number of halogens is 3. The van der Waals surface area contributed by atoms with Gasteiger partial charge in [-0.2, -0.15) is 13.2 Å². The van der Waals surface area contributed by atoms with Gasteiger partial charge in [0.05, 0.1) is 0 Å². The first-order valence-corrected chi connectivity index (χ1v) is 9.62. The highest BCUT2D eigenvalue weighted by Crippen LogP contribution is 2.31. The topological polar surface area (TPSA) is 65.7 Å². The summed E-state index contributed by atoms with van der Waals surface area (Å²) in [5.41, 5.74) is -0.704. The van der Waals surface area contributed by atoms with Crippen molar-refractivity contribution in [3.63, 3.8) is 0 Å². The number of fused-ring (bicyclic) bond motifs is 1. The summed E-state index contributed by atoms with van der Waals surface area (Å²) in [6, 6.07) is 2.05. The van der Waals surface area contributed by atoms with Gasteiger partial charge < -0.3 is 19.1 Å². The third-order valence-corrected chi connectivity index (χ3v) is 5.35. The number of imidazole rings is 1. The van der Waals surface area contributed by atoms with Crippen molar-refractivity contribution in [1.82, 2.24) is 24.3 Å². The van der Waals surface area contributed by atoms with Crippen LogP contribution in [0.4, 0.5) is 30.6 Å². The number of hydrogen-bond acceptors (Lipinski definition) is 7. The van der Waals surface area contributed by atoms with Crippen molar-refractivity contribution in [3.8, 4) is 0 Å². The minimum Gasteiger partial charge on any atom is -0.363 e. The van der Waals surface area contributed by atoms with Crippen molar-refractivity contribution in [3.05, 3.63) is 36.7 Å². The summed E-state index contributed by atoms with van der Waals surface area (Å²) in [5, 5.41) is 0. The van der Waals surface area contributed by atoms with Crippen LogP contribution in [0.25, 0.3) is 5.65 Å². The molecule has 4 rings (SSSR count). The molecular weight excluding hydrogens is 397 g/mol. The second-order valence-corrected chi connectivity index (χ2v) is 7.59. The first-order valence-electron chi connectivity index (χ1n) is 9.62. The fourth-order valence-corrected chi connectivity index (χ4v) is 3.69. The quantitative estimate of drug-likeness (QED) is 0.643. The van der Waals surface area contributed by atoms with E-state index < -0.39 is 11.9 Å². The maximum atomic E-state index is 13.1. The van der Waals surface area contributed by atoms with Gasteiger partial charge in [-0.15, -0.1) is 0 Å². The number of aromatic nitrogens is 5. The Hall–Kier alpha value is -3.11. The zero-order valence-corrected chi connectivity index (χ0v) is 17.0. The van der Waals surface area contributed by atoms with Gasteiger partial charge in [-0.1, -0.05) is 0 Å². The Balaban J connectivity index is 1.60. The van der Waals surface area contributed by atoms with Gasteiger partial charge >= 0.3 is 6.18 Å². The summed E-state index contributed by atoms with van der Waals surface area (Å²) < 4.78 is 40.7. The molecular formula is C19H23F3N8. The van der Waals surface area contributed by atoms with E-state index in [9.17, 15) is 13.2 Å². The molecule has 1 aliphatic rings. The largest absolute Gasteiger partial charge is 0.434 e. The van der Waals surface area contributed by atoms with E-state index in [0.29, 0.717) is 18.9 Å². The molecule has 11 heteroatoms. The molecule has 0 aromatic carbocycles. The molecule has 1 unspecified atom stereocenters. The Morgan fingerprint density at radius 1 is 1.10 bits per heavy atom. The molecule has 3 aromatic rings. The van der Waals surface area contributed by atoms with Gasteiger partial charge in [0.15, 0.2) is 17.2 Å². The Bertz CT molecular complexity index is 1030. The lowest BCUT2D eigenvalue weighted by atomic mass is 10.0. The normalized spacial score (nSPS) is 17.4. The van der Waals surface area contributed by atoms with Gasteiger partial charge in [-0.05, 0) is 12.8 Å². The van der Waals surface area contributed by atoms with Crippen LogP contribution in [-0.2, 0) is 6.18 Å². The summed E-state index contributed by atoms with van der Waals surface area (Å²) in [6.07, 6.45) is 2.86. The molecule has 0 aliphatic carbocycles. The molecule has 0 bridgehead atoms. The molecule has 0 spiro atoms. The SMILES string of the molecule is CN(C)c1cc(N(C)C2CCCN(c3nccn4cc(C(F)(F)F)nc34)C2)ncn1. The summed E-state index contributed by atoms with van der Waals surface area (Å²) >= 11 is 0. The zero-order valence-electron chi connectivity index (χ0n) is 17.0. The molecule has 1 saturated heterocycles.